The van der Waals surface area contributed by atoms with Gasteiger partial charge in [0.25, 0.3) is 0 Å². The van der Waals surface area contributed by atoms with E-state index in [1.54, 1.807) is 18.4 Å². The summed E-state index contributed by atoms with van der Waals surface area (Å²) in [5, 5.41) is 13.2. The highest BCUT2D eigenvalue weighted by Crippen LogP contribution is 2.28. The Kier molecular flexibility index (Phi) is 7.37. The molecule has 0 spiro atoms. The van der Waals surface area contributed by atoms with Gasteiger partial charge in [0.15, 0.2) is 0 Å². The number of nitrogens with zero attached hydrogens (tertiary/aromatic N) is 3. The predicted octanol–water partition coefficient (Wildman–Crippen LogP) is 6.04. The Morgan fingerprint density at radius 2 is 1.65 bits per heavy atom. The fourth-order valence-corrected chi connectivity index (χ4v) is 5.05. The summed E-state index contributed by atoms with van der Waals surface area (Å²) < 4.78 is 6.43. The molecular formula is C29H26N4O3S. The van der Waals surface area contributed by atoms with Crippen LogP contribution in [0.25, 0.3) is 10.2 Å². The molecule has 0 amide bonds. The van der Waals surface area contributed by atoms with Crippen LogP contribution in [0.1, 0.15) is 33.9 Å². The van der Waals surface area contributed by atoms with E-state index in [4.69, 9.17) is 24.8 Å². The maximum atomic E-state index is 10.8. The minimum Gasteiger partial charge on any atom is -0.497 e. The van der Waals surface area contributed by atoms with Gasteiger partial charge >= 0.3 is 5.97 Å². The zero-order valence-corrected chi connectivity index (χ0v) is 21.2. The van der Waals surface area contributed by atoms with Crippen molar-refractivity contribution >= 4 is 39.2 Å². The van der Waals surface area contributed by atoms with Gasteiger partial charge in [-0.15, -0.1) is 11.3 Å². The lowest BCUT2D eigenvalue weighted by Crippen LogP contribution is -2.05. The summed E-state index contributed by atoms with van der Waals surface area (Å²) in [6.45, 7) is 0. The largest absolute Gasteiger partial charge is 0.497 e. The molecule has 0 unspecified atom stereocenters. The molecule has 37 heavy (non-hydrogen) atoms. The van der Waals surface area contributed by atoms with Gasteiger partial charge in [-0.1, -0.05) is 42.5 Å². The molecule has 0 aliphatic carbocycles. The van der Waals surface area contributed by atoms with Crippen LogP contribution in [0.4, 0.5) is 11.6 Å². The number of hydrogen-bond acceptors (Lipinski definition) is 7. The van der Waals surface area contributed by atoms with Gasteiger partial charge < -0.3 is 15.2 Å². The molecule has 3 aromatic carbocycles. The zero-order chi connectivity index (χ0) is 25.6. The summed E-state index contributed by atoms with van der Waals surface area (Å²) in [6, 6.07) is 25.9. The van der Waals surface area contributed by atoms with Gasteiger partial charge in [-0.3, -0.25) is 4.79 Å². The van der Waals surface area contributed by atoms with Crippen molar-refractivity contribution in [3.05, 3.63) is 106 Å². The number of nitrogens with one attached hydrogen (secondary N) is 1. The van der Waals surface area contributed by atoms with Crippen LogP contribution in [0.5, 0.6) is 5.75 Å². The number of methoxy groups -OCH3 is 1. The molecule has 2 aromatic heterocycles. The van der Waals surface area contributed by atoms with Crippen molar-refractivity contribution < 1.29 is 14.6 Å². The number of carboxylic acid groups (broad SMARTS) is 1. The second kappa shape index (κ2) is 11.2. The molecule has 186 valence electrons. The normalized spacial score (nSPS) is 10.9. The Hall–Kier alpha value is -4.30. The van der Waals surface area contributed by atoms with Crippen LogP contribution >= 0.6 is 11.3 Å². The zero-order valence-electron chi connectivity index (χ0n) is 20.3. The van der Waals surface area contributed by atoms with E-state index in [2.05, 4.69) is 17.4 Å². The van der Waals surface area contributed by atoms with E-state index in [0.29, 0.717) is 25.2 Å². The Balaban J connectivity index is 1.40. The van der Waals surface area contributed by atoms with Crippen molar-refractivity contribution in [2.75, 3.05) is 12.4 Å². The third kappa shape index (κ3) is 6.48. The van der Waals surface area contributed by atoms with Gasteiger partial charge in [-0.2, -0.15) is 0 Å². The minimum absolute atomic E-state index is 0.110. The van der Waals surface area contributed by atoms with Crippen LogP contribution in [-0.4, -0.2) is 33.1 Å². The van der Waals surface area contributed by atoms with Gasteiger partial charge in [-0.05, 0) is 53.9 Å². The van der Waals surface area contributed by atoms with Crippen LogP contribution in [0.2, 0.25) is 0 Å². The van der Waals surface area contributed by atoms with E-state index in [9.17, 15) is 4.79 Å². The number of thiazole rings is 1. The molecular weight excluding hydrogens is 484 g/mol. The summed E-state index contributed by atoms with van der Waals surface area (Å²) in [7, 11) is 1.66. The molecule has 0 aliphatic rings. The number of carbonyl (C=O) groups is 1. The van der Waals surface area contributed by atoms with Crippen molar-refractivity contribution in [1.29, 1.82) is 0 Å². The molecule has 7 nitrogen and oxygen atoms in total. The lowest BCUT2D eigenvalue weighted by molar-refractivity contribution is -0.136. The van der Waals surface area contributed by atoms with Crippen LogP contribution < -0.4 is 10.1 Å². The van der Waals surface area contributed by atoms with Gasteiger partial charge in [0.1, 0.15) is 5.75 Å². The Labute approximate surface area is 218 Å². The molecule has 0 bridgehead atoms. The molecule has 0 radical (unpaired) electrons. The Bertz CT molecular complexity index is 1520. The molecule has 2 heterocycles. The lowest BCUT2D eigenvalue weighted by Gasteiger charge is -2.10. The van der Waals surface area contributed by atoms with Gasteiger partial charge in [0.05, 0.1) is 33.7 Å². The molecule has 5 aromatic rings. The molecule has 0 saturated carbocycles. The molecule has 5 rings (SSSR count). The second-order valence-corrected chi connectivity index (χ2v) is 9.79. The molecule has 0 atom stereocenters. The fraction of sp³-hybridized carbons (Fsp3) is 0.172. The third-order valence-electron chi connectivity index (χ3n) is 5.87. The second-order valence-electron chi connectivity index (χ2n) is 8.67. The Morgan fingerprint density at radius 3 is 2.38 bits per heavy atom. The standard InChI is InChI=1S/C29H26N4O3S/c1-36-24-12-13-25-26(18-24)37-27(33-25)17-23-16-22(15-20-5-3-2-4-6-20)31-29(32-23)30-21-10-7-19(8-11-21)9-14-28(34)35/h2-8,10-13,16,18H,9,14-15,17H2,1H3,(H,34,35)(H,30,31,32). The molecule has 2 N–H and O–H groups in total. The van der Waals surface area contributed by atoms with E-state index in [1.807, 2.05) is 66.7 Å². The topological polar surface area (TPSA) is 97.2 Å². The lowest BCUT2D eigenvalue weighted by atomic mass is 10.1. The van der Waals surface area contributed by atoms with Crippen LogP contribution in [0.3, 0.4) is 0 Å². The van der Waals surface area contributed by atoms with Crippen molar-refractivity contribution in [3.63, 3.8) is 0 Å². The first-order valence-electron chi connectivity index (χ1n) is 12.0. The van der Waals surface area contributed by atoms with Gasteiger partial charge in [-0.25, -0.2) is 15.0 Å². The number of benzene rings is 3. The SMILES string of the molecule is COc1ccc2nc(Cc3cc(Cc4ccccc4)nc(Nc4ccc(CCC(=O)O)cc4)n3)sc2c1. The Morgan fingerprint density at radius 1 is 0.892 bits per heavy atom. The van der Waals surface area contributed by atoms with Crippen molar-refractivity contribution in [2.24, 2.45) is 0 Å². The van der Waals surface area contributed by atoms with E-state index in [0.717, 1.165) is 43.6 Å². The van der Waals surface area contributed by atoms with E-state index in [1.165, 1.54) is 5.56 Å². The maximum absolute atomic E-state index is 10.8. The van der Waals surface area contributed by atoms with Crippen molar-refractivity contribution in [3.8, 4) is 5.75 Å². The number of aliphatic carboxylic acids is 1. The van der Waals surface area contributed by atoms with Crippen LogP contribution in [-0.2, 0) is 24.1 Å². The quantitative estimate of drug-likeness (QED) is 0.236. The summed E-state index contributed by atoms with van der Waals surface area (Å²) in [5.41, 5.74) is 5.73. The summed E-state index contributed by atoms with van der Waals surface area (Å²) in [5.74, 6) is 0.533. The third-order valence-corrected chi connectivity index (χ3v) is 6.89. The number of aromatic nitrogens is 3. The van der Waals surface area contributed by atoms with Gasteiger partial charge in [0.2, 0.25) is 5.95 Å². The number of fused-ring (bicyclic) bond motifs is 1. The number of carboxylic acids is 1. The first kappa shape index (κ1) is 24.4. The number of hydrogen-bond donors (Lipinski definition) is 2. The number of rotatable bonds is 10. The maximum Gasteiger partial charge on any atom is 0.303 e. The van der Waals surface area contributed by atoms with E-state index < -0.39 is 5.97 Å². The highest BCUT2D eigenvalue weighted by atomic mass is 32.1. The molecule has 0 saturated heterocycles. The monoisotopic (exact) mass is 510 g/mol. The average Bonchev–Trinajstić information content (AvgIpc) is 3.30. The summed E-state index contributed by atoms with van der Waals surface area (Å²) >= 11 is 1.64. The number of aryl methyl sites for hydroxylation is 1. The molecule has 8 heteroatoms. The van der Waals surface area contributed by atoms with Crippen molar-refractivity contribution in [1.82, 2.24) is 15.0 Å². The fourth-order valence-electron chi connectivity index (χ4n) is 4.04. The minimum atomic E-state index is -0.800. The van der Waals surface area contributed by atoms with E-state index in [-0.39, 0.29) is 6.42 Å². The first-order valence-corrected chi connectivity index (χ1v) is 12.8. The van der Waals surface area contributed by atoms with Crippen LogP contribution in [0, 0.1) is 0 Å². The summed E-state index contributed by atoms with van der Waals surface area (Å²) in [6.07, 6.45) is 1.89. The number of ether oxygens (including phenoxy) is 1. The molecule has 0 aliphatic heterocycles. The smallest absolute Gasteiger partial charge is 0.303 e. The van der Waals surface area contributed by atoms with Crippen LogP contribution in [0.15, 0.2) is 78.9 Å². The highest BCUT2D eigenvalue weighted by Gasteiger charge is 2.11. The molecule has 0 fully saturated rings. The predicted molar refractivity (Wildman–Crippen MR) is 146 cm³/mol. The van der Waals surface area contributed by atoms with Gasteiger partial charge in [0, 0.05) is 24.9 Å². The average molecular weight is 511 g/mol. The van der Waals surface area contributed by atoms with E-state index >= 15 is 0 Å². The van der Waals surface area contributed by atoms with Crippen molar-refractivity contribution in [2.45, 2.75) is 25.7 Å². The highest BCUT2D eigenvalue weighted by molar-refractivity contribution is 7.18. The first-order chi connectivity index (χ1) is 18.0. The number of anilines is 2. The summed E-state index contributed by atoms with van der Waals surface area (Å²) in [4.78, 5) is 25.2.